The largest absolute Gasteiger partial charge is 0.497 e. The van der Waals surface area contributed by atoms with E-state index >= 15 is 0 Å². The number of ether oxygens (including phenoxy) is 1. The van der Waals surface area contributed by atoms with Gasteiger partial charge >= 0.3 is 0 Å². The molecule has 0 spiro atoms. The first-order valence-electron chi connectivity index (χ1n) is 12.1. The Kier molecular flexibility index (Phi) is 7.10. The molecule has 1 N–H and O–H groups in total. The third-order valence-electron chi connectivity index (χ3n) is 6.43. The predicted molar refractivity (Wildman–Crippen MR) is 148 cm³/mol. The third kappa shape index (κ3) is 5.59. The first-order chi connectivity index (χ1) is 17.9. The maximum absolute atomic E-state index is 12.8. The number of rotatable bonds is 6. The molecule has 2 amide bonds. The van der Waals surface area contributed by atoms with E-state index < -0.39 is 5.25 Å². The Bertz CT molecular complexity index is 1370. The molecule has 2 aliphatic rings. The van der Waals surface area contributed by atoms with Gasteiger partial charge in [0.25, 0.3) is 5.91 Å². The Morgan fingerprint density at radius 1 is 1.00 bits per heavy atom. The molecule has 2 heterocycles. The zero-order valence-electron chi connectivity index (χ0n) is 21.0. The van der Waals surface area contributed by atoms with E-state index in [1.54, 1.807) is 31.4 Å². The number of nitrogens with one attached hydrogen (secondary N) is 1. The van der Waals surface area contributed by atoms with Crippen molar-refractivity contribution in [3.63, 3.8) is 0 Å². The first-order valence-corrected chi connectivity index (χ1v) is 13.0. The van der Waals surface area contributed by atoms with Crippen LogP contribution in [-0.2, 0) is 9.59 Å². The minimum atomic E-state index is -0.592. The van der Waals surface area contributed by atoms with Crippen molar-refractivity contribution in [1.82, 2.24) is 5.01 Å². The molecule has 8 heteroatoms. The third-order valence-corrected chi connectivity index (χ3v) is 7.57. The second kappa shape index (κ2) is 10.6. The lowest BCUT2D eigenvalue weighted by Gasteiger charge is -2.23. The average Bonchev–Trinajstić information content (AvgIpc) is 3.49. The molecule has 0 bridgehead atoms. The molecule has 0 fully saturated rings. The zero-order valence-corrected chi connectivity index (χ0v) is 21.8. The van der Waals surface area contributed by atoms with E-state index in [0.29, 0.717) is 23.0 Å². The van der Waals surface area contributed by atoms with Crippen LogP contribution < -0.4 is 10.1 Å². The molecule has 3 aromatic carbocycles. The zero-order chi connectivity index (χ0) is 25.9. The Labute approximate surface area is 220 Å². The number of anilines is 1. The average molecular weight is 513 g/mol. The molecule has 2 aliphatic heterocycles. The van der Waals surface area contributed by atoms with Crippen LogP contribution >= 0.6 is 11.8 Å². The van der Waals surface area contributed by atoms with Gasteiger partial charge in [-0.3, -0.25) is 9.59 Å². The summed E-state index contributed by atoms with van der Waals surface area (Å²) in [6.07, 6.45) is 0.725. The van der Waals surface area contributed by atoms with Crippen molar-refractivity contribution >= 4 is 40.1 Å². The van der Waals surface area contributed by atoms with Gasteiger partial charge in [-0.25, -0.2) is 5.01 Å². The summed E-state index contributed by atoms with van der Waals surface area (Å²) in [4.78, 5) is 29.8. The molecule has 37 heavy (non-hydrogen) atoms. The molecule has 0 radical (unpaired) electrons. The lowest BCUT2D eigenvalue weighted by Crippen LogP contribution is -2.25. The van der Waals surface area contributed by atoms with E-state index in [9.17, 15) is 9.59 Å². The van der Waals surface area contributed by atoms with Crippen molar-refractivity contribution in [3.05, 3.63) is 95.1 Å². The van der Waals surface area contributed by atoms with Gasteiger partial charge in [0.1, 0.15) is 11.0 Å². The van der Waals surface area contributed by atoms with Gasteiger partial charge in [0.05, 0.1) is 18.9 Å². The molecule has 3 aromatic rings. The fourth-order valence-corrected chi connectivity index (χ4v) is 5.38. The van der Waals surface area contributed by atoms with Crippen molar-refractivity contribution in [2.45, 2.75) is 38.0 Å². The highest BCUT2D eigenvalue weighted by atomic mass is 32.2. The quantitative estimate of drug-likeness (QED) is 0.472. The van der Waals surface area contributed by atoms with Crippen LogP contribution in [-0.4, -0.2) is 40.1 Å². The summed E-state index contributed by atoms with van der Waals surface area (Å²) in [6, 6.07) is 23.7. The van der Waals surface area contributed by atoms with E-state index in [0.717, 1.165) is 16.8 Å². The molecule has 7 nitrogen and oxygen atoms in total. The molecule has 5 rings (SSSR count). The van der Waals surface area contributed by atoms with Crippen LogP contribution in [0, 0.1) is 13.8 Å². The van der Waals surface area contributed by atoms with Crippen molar-refractivity contribution in [1.29, 1.82) is 0 Å². The lowest BCUT2D eigenvalue weighted by atomic mass is 9.97. The van der Waals surface area contributed by atoms with Crippen LogP contribution in [0.2, 0.25) is 0 Å². The summed E-state index contributed by atoms with van der Waals surface area (Å²) >= 11 is 1.30. The van der Waals surface area contributed by atoms with Gasteiger partial charge in [0.2, 0.25) is 5.91 Å². The Morgan fingerprint density at radius 2 is 1.65 bits per heavy atom. The summed E-state index contributed by atoms with van der Waals surface area (Å²) in [7, 11) is 1.59. The van der Waals surface area contributed by atoms with Gasteiger partial charge in [0, 0.05) is 18.5 Å². The van der Waals surface area contributed by atoms with Gasteiger partial charge < -0.3 is 10.1 Å². The number of carbonyl (C=O) groups is 2. The van der Waals surface area contributed by atoms with Crippen LogP contribution in [0.5, 0.6) is 5.75 Å². The highest BCUT2D eigenvalue weighted by Crippen LogP contribution is 2.38. The highest BCUT2D eigenvalue weighted by molar-refractivity contribution is 8.15. The van der Waals surface area contributed by atoms with Gasteiger partial charge in [-0.05, 0) is 49.2 Å². The van der Waals surface area contributed by atoms with Crippen molar-refractivity contribution < 1.29 is 14.3 Å². The monoisotopic (exact) mass is 512 g/mol. The number of benzene rings is 3. The van der Waals surface area contributed by atoms with Crippen LogP contribution in [0.3, 0.4) is 0 Å². The second-order valence-electron chi connectivity index (χ2n) is 9.21. The minimum Gasteiger partial charge on any atom is -0.497 e. The molecule has 0 saturated heterocycles. The highest BCUT2D eigenvalue weighted by Gasteiger charge is 2.39. The number of hydrogen-bond acceptors (Lipinski definition) is 6. The lowest BCUT2D eigenvalue weighted by molar-refractivity contribution is -0.121. The number of amides is 2. The SMILES string of the molecule is COc1ccc(NC(=O)C[C@@H]2SC(N3N=C(c4ccc(C)cc4)C[C@H]3c3ccc(C)cc3)=NC2=O)cc1. The van der Waals surface area contributed by atoms with E-state index in [1.807, 2.05) is 5.01 Å². The maximum atomic E-state index is 12.8. The van der Waals surface area contributed by atoms with Crippen molar-refractivity contribution in [3.8, 4) is 5.75 Å². The fraction of sp³-hybridized carbons (Fsp3) is 0.241. The Balaban J connectivity index is 1.33. The minimum absolute atomic E-state index is 0.0279. The molecule has 188 valence electrons. The van der Waals surface area contributed by atoms with Gasteiger partial charge in [-0.1, -0.05) is 71.4 Å². The normalized spacial score (nSPS) is 19.0. The second-order valence-corrected chi connectivity index (χ2v) is 10.4. The van der Waals surface area contributed by atoms with E-state index in [2.05, 4.69) is 72.7 Å². The number of nitrogens with zero attached hydrogens (tertiary/aromatic N) is 3. The number of aliphatic imine (C=N–C) groups is 1. The van der Waals surface area contributed by atoms with Gasteiger partial charge in [-0.2, -0.15) is 10.1 Å². The number of aryl methyl sites for hydroxylation is 2. The van der Waals surface area contributed by atoms with Gasteiger partial charge in [-0.15, -0.1) is 0 Å². The van der Waals surface area contributed by atoms with Crippen LogP contribution in [0.1, 0.15) is 41.1 Å². The number of carbonyl (C=O) groups excluding carboxylic acids is 2. The molecule has 2 atom stereocenters. The Morgan fingerprint density at radius 3 is 2.30 bits per heavy atom. The van der Waals surface area contributed by atoms with E-state index in [4.69, 9.17) is 9.84 Å². The molecule has 0 saturated carbocycles. The topological polar surface area (TPSA) is 83.4 Å². The predicted octanol–water partition coefficient (Wildman–Crippen LogP) is 5.49. The molecular weight excluding hydrogens is 484 g/mol. The van der Waals surface area contributed by atoms with E-state index in [1.165, 1.54) is 22.9 Å². The number of methoxy groups -OCH3 is 1. The summed E-state index contributed by atoms with van der Waals surface area (Å²) < 4.78 is 5.15. The molecule has 0 aliphatic carbocycles. The smallest absolute Gasteiger partial charge is 0.262 e. The standard InChI is InChI=1S/C29H28N4O3S/c1-18-4-8-20(9-5-18)24-16-25(21-10-6-19(2)7-11-21)33(32-24)29-31-28(35)26(37-29)17-27(34)30-22-12-14-23(36-3)15-13-22/h4-15,25-26H,16-17H2,1-3H3,(H,30,34)/t25-,26-/m0/s1. The van der Waals surface area contributed by atoms with Crippen LogP contribution in [0.4, 0.5) is 5.69 Å². The van der Waals surface area contributed by atoms with Gasteiger partial charge in [0.15, 0.2) is 5.17 Å². The Hall–Kier alpha value is -3.91. The van der Waals surface area contributed by atoms with Crippen molar-refractivity contribution in [2.75, 3.05) is 12.4 Å². The summed E-state index contributed by atoms with van der Waals surface area (Å²) in [5.41, 5.74) is 6.12. The van der Waals surface area contributed by atoms with Crippen LogP contribution in [0.15, 0.2) is 82.9 Å². The molecule has 0 aromatic heterocycles. The number of hydrogen-bond donors (Lipinski definition) is 1. The summed E-state index contributed by atoms with van der Waals surface area (Å²) in [5.74, 6) is 0.149. The fourth-order valence-electron chi connectivity index (χ4n) is 4.31. The number of hydrazone groups is 1. The summed E-state index contributed by atoms with van der Waals surface area (Å²) in [5, 5.41) is 9.55. The van der Waals surface area contributed by atoms with E-state index in [-0.39, 0.29) is 24.3 Å². The maximum Gasteiger partial charge on any atom is 0.262 e. The summed E-state index contributed by atoms with van der Waals surface area (Å²) in [6.45, 7) is 4.11. The molecular formula is C29H28N4O3S. The van der Waals surface area contributed by atoms with Crippen LogP contribution in [0.25, 0.3) is 0 Å². The number of amidine groups is 1. The molecule has 0 unspecified atom stereocenters. The van der Waals surface area contributed by atoms with Crippen molar-refractivity contribution in [2.24, 2.45) is 10.1 Å². The number of thioether (sulfide) groups is 1. The first kappa shape index (κ1) is 24.8.